The Bertz CT molecular complexity index is 804. The number of hydrogen-bond donors (Lipinski definition) is 0. The summed E-state index contributed by atoms with van der Waals surface area (Å²) in [6, 6.07) is 9.81. The third-order valence-electron chi connectivity index (χ3n) is 6.19. The molecule has 0 bridgehead atoms. The summed E-state index contributed by atoms with van der Waals surface area (Å²) in [7, 11) is 0. The highest BCUT2D eigenvalue weighted by molar-refractivity contribution is 5.31. The summed E-state index contributed by atoms with van der Waals surface area (Å²) in [6.07, 6.45) is 8.66. The van der Waals surface area contributed by atoms with Crippen molar-refractivity contribution in [2.24, 2.45) is 17.8 Å². The highest BCUT2D eigenvalue weighted by Gasteiger charge is 2.43. The summed E-state index contributed by atoms with van der Waals surface area (Å²) in [5.41, 5.74) is 3.03. The summed E-state index contributed by atoms with van der Waals surface area (Å²) in [5, 5.41) is 8.85. The molecule has 2 aliphatic rings. The molecule has 5 nitrogen and oxygen atoms in total. The van der Waals surface area contributed by atoms with Crippen LogP contribution in [-0.4, -0.2) is 29.7 Å². The van der Waals surface area contributed by atoms with Crippen molar-refractivity contribution in [3.8, 4) is 6.07 Å². The second-order valence-electron chi connectivity index (χ2n) is 8.05. The van der Waals surface area contributed by atoms with Crippen molar-refractivity contribution in [1.82, 2.24) is 9.97 Å². The Morgan fingerprint density at radius 2 is 1.82 bits per heavy atom. The molecule has 2 fully saturated rings. The van der Waals surface area contributed by atoms with E-state index in [1.807, 2.05) is 36.7 Å². The number of aryl methyl sites for hydroxylation is 1. The van der Waals surface area contributed by atoms with Gasteiger partial charge in [-0.2, -0.15) is 5.26 Å². The van der Waals surface area contributed by atoms with Gasteiger partial charge in [0.25, 0.3) is 0 Å². The van der Waals surface area contributed by atoms with Gasteiger partial charge in [0.1, 0.15) is 0 Å². The first-order valence-corrected chi connectivity index (χ1v) is 10.4. The fraction of sp³-hybridized carbons (Fsp3) is 0.522. The van der Waals surface area contributed by atoms with E-state index in [4.69, 9.17) is 10.00 Å². The van der Waals surface area contributed by atoms with Gasteiger partial charge >= 0.3 is 0 Å². The van der Waals surface area contributed by atoms with Gasteiger partial charge in [0, 0.05) is 25.5 Å². The zero-order valence-corrected chi connectivity index (χ0v) is 16.6. The maximum atomic E-state index is 8.85. The summed E-state index contributed by atoms with van der Waals surface area (Å²) < 4.78 is 5.94. The molecule has 1 saturated carbocycles. The van der Waals surface area contributed by atoms with Gasteiger partial charge in [-0.05, 0) is 66.7 Å². The quantitative estimate of drug-likeness (QED) is 0.731. The molecule has 1 aromatic heterocycles. The predicted molar refractivity (Wildman–Crippen MR) is 109 cm³/mol. The largest absolute Gasteiger partial charge is 0.376 e. The van der Waals surface area contributed by atoms with E-state index >= 15 is 0 Å². The smallest absolute Gasteiger partial charge is 0.225 e. The maximum Gasteiger partial charge on any atom is 0.225 e. The van der Waals surface area contributed by atoms with Crippen LogP contribution in [0, 0.1) is 29.1 Å². The molecule has 2 atom stereocenters. The number of nitrogens with zero attached hydrogens (tertiary/aromatic N) is 4. The van der Waals surface area contributed by atoms with Crippen LogP contribution < -0.4 is 4.90 Å². The molecule has 1 saturated heterocycles. The Labute approximate surface area is 167 Å². The minimum absolute atomic E-state index is 0.637. The summed E-state index contributed by atoms with van der Waals surface area (Å²) in [4.78, 5) is 11.4. The standard InChI is InChI=1S/C23H28N4O/c1-2-17-13-25-23(26-14-17)27-9-7-20(8-10-27)22-11-21(22)16-28-15-19-5-3-18(12-24)4-6-19/h3-6,13-14,20-22H,2,7-11,15-16H2,1H3/t21-,22+/m0/s1. The van der Waals surface area contributed by atoms with Gasteiger partial charge in [0.05, 0.1) is 24.8 Å². The van der Waals surface area contributed by atoms with E-state index in [1.54, 1.807) is 0 Å². The van der Waals surface area contributed by atoms with E-state index in [1.165, 1.54) is 24.8 Å². The number of nitriles is 1. The third-order valence-corrected chi connectivity index (χ3v) is 6.19. The summed E-state index contributed by atoms with van der Waals surface area (Å²) >= 11 is 0. The normalized spacial score (nSPS) is 22.1. The van der Waals surface area contributed by atoms with Crippen molar-refractivity contribution in [1.29, 1.82) is 5.26 Å². The number of benzene rings is 1. The molecule has 28 heavy (non-hydrogen) atoms. The topological polar surface area (TPSA) is 62.0 Å². The molecule has 0 radical (unpaired) electrons. The van der Waals surface area contributed by atoms with Crippen molar-refractivity contribution in [3.63, 3.8) is 0 Å². The van der Waals surface area contributed by atoms with Crippen LogP contribution in [0.5, 0.6) is 0 Å². The molecule has 0 amide bonds. The van der Waals surface area contributed by atoms with Gasteiger partial charge in [0.15, 0.2) is 0 Å². The zero-order chi connectivity index (χ0) is 19.3. The molecule has 146 valence electrons. The Balaban J connectivity index is 1.17. The number of aromatic nitrogens is 2. The van der Waals surface area contributed by atoms with Crippen molar-refractivity contribution in [2.45, 2.75) is 39.2 Å². The minimum atomic E-state index is 0.637. The van der Waals surface area contributed by atoms with Crippen molar-refractivity contribution >= 4 is 5.95 Å². The number of hydrogen-bond acceptors (Lipinski definition) is 5. The molecule has 0 spiro atoms. The Hall–Kier alpha value is -2.45. The lowest BCUT2D eigenvalue weighted by Crippen LogP contribution is -2.35. The third kappa shape index (κ3) is 4.51. The Morgan fingerprint density at radius 1 is 1.11 bits per heavy atom. The van der Waals surface area contributed by atoms with Crippen LogP contribution in [0.15, 0.2) is 36.7 Å². The average molecular weight is 377 g/mol. The van der Waals surface area contributed by atoms with Gasteiger partial charge in [-0.25, -0.2) is 9.97 Å². The van der Waals surface area contributed by atoms with Crippen LogP contribution in [0.2, 0.25) is 0 Å². The first kappa shape index (κ1) is 18.9. The monoisotopic (exact) mass is 376 g/mol. The van der Waals surface area contributed by atoms with Crippen molar-refractivity contribution in [2.75, 3.05) is 24.6 Å². The molecule has 5 heteroatoms. The fourth-order valence-corrected chi connectivity index (χ4v) is 4.27. The van der Waals surface area contributed by atoms with E-state index in [-0.39, 0.29) is 0 Å². The fourth-order valence-electron chi connectivity index (χ4n) is 4.27. The lowest BCUT2D eigenvalue weighted by molar-refractivity contribution is 0.104. The Morgan fingerprint density at radius 3 is 2.46 bits per heavy atom. The van der Waals surface area contributed by atoms with Crippen molar-refractivity contribution in [3.05, 3.63) is 53.3 Å². The van der Waals surface area contributed by atoms with Gasteiger partial charge in [-0.15, -0.1) is 0 Å². The number of anilines is 1. The van der Waals surface area contributed by atoms with Gasteiger partial charge in [-0.3, -0.25) is 0 Å². The second-order valence-corrected chi connectivity index (χ2v) is 8.05. The maximum absolute atomic E-state index is 8.85. The molecule has 2 aromatic rings. The molecular formula is C23H28N4O. The number of ether oxygens (including phenoxy) is 1. The van der Waals surface area contributed by atoms with Crippen LogP contribution >= 0.6 is 0 Å². The van der Waals surface area contributed by atoms with E-state index in [2.05, 4.69) is 27.9 Å². The first-order valence-electron chi connectivity index (χ1n) is 10.4. The summed E-state index contributed by atoms with van der Waals surface area (Å²) in [5.74, 6) is 3.24. The molecule has 2 heterocycles. The lowest BCUT2D eigenvalue weighted by Gasteiger charge is -2.32. The van der Waals surface area contributed by atoms with E-state index in [0.717, 1.165) is 55.4 Å². The molecule has 4 rings (SSSR count). The minimum Gasteiger partial charge on any atom is -0.376 e. The Kier molecular flexibility index (Phi) is 5.87. The van der Waals surface area contributed by atoms with Crippen LogP contribution in [0.1, 0.15) is 42.9 Å². The summed E-state index contributed by atoms with van der Waals surface area (Å²) in [6.45, 7) is 5.74. The molecule has 1 aliphatic heterocycles. The van der Waals surface area contributed by atoms with Gasteiger partial charge in [0.2, 0.25) is 5.95 Å². The van der Waals surface area contributed by atoms with E-state index in [0.29, 0.717) is 12.2 Å². The number of piperidine rings is 1. The van der Waals surface area contributed by atoms with Gasteiger partial charge in [-0.1, -0.05) is 19.1 Å². The second kappa shape index (κ2) is 8.70. The number of rotatable bonds is 7. The van der Waals surface area contributed by atoms with Crippen LogP contribution in [0.25, 0.3) is 0 Å². The molecule has 1 aromatic carbocycles. The zero-order valence-electron chi connectivity index (χ0n) is 16.6. The SMILES string of the molecule is CCc1cnc(N2CCC([C@H]3C[C@H]3COCc3ccc(C#N)cc3)CC2)nc1. The van der Waals surface area contributed by atoms with Gasteiger partial charge < -0.3 is 9.64 Å². The van der Waals surface area contributed by atoms with E-state index in [9.17, 15) is 0 Å². The van der Waals surface area contributed by atoms with Crippen molar-refractivity contribution < 1.29 is 4.74 Å². The molecular weight excluding hydrogens is 348 g/mol. The molecule has 0 N–H and O–H groups in total. The lowest BCUT2D eigenvalue weighted by atomic mass is 9.91. The highest BCUT2D eigenvalue weighted by Crippen LogP contribution is 2.48. The predicted octanol–water partition coefficient (Wildman–Crippen LogP) is 3.98. The van der Waals surface area contributed by atoms with E-state index < -0.39 is 0 Å². The molecule has 0 unspecified atom stereocenters. The van der Waals surface area contributed by atoms with Crippen LogP contribution in [-0.2, 0) is 17.8 Å². The van der Waals surface area contributed by atoms with Crippen LogP contribution in [0.3, 0.4) is 0 Å². The highest BCUT2D eigenvalue weighted by atomic mass is 16.5. The first-order chi connectivity index (χ1) is 13.8. The van der Waals surface area contributed by atoms with Crippen LogP contribution in [0.4, 0.5) is 5.95 Å². The average Bonchev–Trinajstić information content (AvgIpc) is 3.54. The molecule has 1 aliphatic carbocycles.